The molecule has 0 saturated carbocycles. The van der Waals surface area contributed by atoms with Crippen molar-refractivity contribution in [2.45, 2.75) is 13.3 Å². The SMILES string of the molecule is CC=CC(=O)N(C)CCCNC. The molecule has 0 unspecified atom stereocenters. The van der Waals surface area contributed by atoms with Crippen LogP contribution in [-0.2, 0) is 4.79 Å². The molecule has 3 heteroatoms. The monoisotopic (exact) mass is 170 g/mol. The van der Waals surface area contributed by atoms with Crippen LogP contribution in [0.3, 0.4) is 0 Å². The Morgan fingerprint density at radius 1 is 1.58 bits per heavy atom. The zero-order valence-electron chi connectivity index (χ0n) is 8.13. The third-order valence-corrected chi connectivity index (χ3v) is 1.61. The maximum absolute atomic E-state index is 11.2. The van der Waals surface area contributed by atoms with Crippen LogP contribution in [0, 0.1) is 0 Å². The van der Waals surface area contributed by atoms with E-state index in [1.54, 1.807) is 17.1 Å². The van der Waals surface area contributed by atoms with Gasteiger partial charge in [-0.25, -0.2) is 0 Å². The smallest absolute Gasteiger partial charge is 0.245 e. The van der Waals surface area contributed by atoms with Crippen molar-refractivity contribution in [3.63, 3.8) is 0 Å². The number of nitrogens with zero attached hydrogens (tertiary/aromatic N) is 1. The molecule has 12 heavy (non-hydrogen) atoms. The van der Waals surface area contributed by atoms with Gasteiger partial charge in [-0.2, -0.15) is 0 Å². The second-order valence-electron chi connectivity index (χ2n) is 2.72. The lowest BCUT2D eigenvalue weighted by atomic mass is 10.3. The van der Waals surface area contributed by atoms with Crippen LogP contribution in [0.2, 0.25) is 0 Å². The fourth-order valence-electron chi connectivity index (χ4n) is 0.873. The fourth-order valence-corrected chi connectivity index (χ4v) is 0.873. The van der Waals surface area contributed by atoms with Crippen LogP contribution in [0.1, 0.15) is 13.3 Å². The third kappa shape index (κ3) is 4.91. The van der Waals surface area contributed by atoms with Gasteiger partial charge < -0.3 is 10.2 Å². The molecule has 0 spiro atoms. The van der Waals surface area contributed by atoms with Crippen molar-refractivity contribution in [3.05, 3.63) is 12.2 Å². The molecule has 0 atom stereocenters. The number of amides is 1. The second-order valence-corrected chi connectivity index (χ2v) is 2.72. The first-order valence-electron chi connectivity index (χ1n) is 4.24. The van der Waals surface area contributed by atoms with Gasteiger partial charge in [0.2, 0.25) is 5.91 Å². The molecule has 0 aromatic heterocycles. The Morgan fingerprint density at radius 3 is 2.75 bits per heavy atom. The van der Waals surface area contributed by atoms with Crippen molar-refractivity contribution in [1.82, 2.24) is 10.2 Å². The van der Waals surface area contributed by atoms with Crippen molar-refractivity contribution in [2.75, 3.05) is 27.2 Å². The minimum atomic E-state index is 0.0774. The summed E-state index contributed by atoms with van der Waals surface area (Å²) in [6.45, 7) is 3.61. The number of hydrogen-bond donors (Lipinski definition) is 1. The molecular weight excluding hydrogens is 152 g/mol. The standard InChI is InChI=1S/C9H18N2O/c1-4-6-9(12)11(3)8-5-7-10-2/h4,6,10H,5,7-8H2,1-3H3. The normalized spacial score (nSPS) is 10.6. The number of likely N-dealkylation sites (N-methyl/N-ethyl adjacent to an activating group) is 1. The van der Waals surface area contributed by atoms with Gasteiger partial charge in [0.15, 0.2) is 0 Å². The van der Waals surface area contributed by atoms with Gasteiger partial charge in [0.1, 0.15) is 0 Å². The van der Waals surface area contributed by atoms with Crippen LogP contribution in [0.15, 0.2) is 12.2 Å². The molecule has 0 aliphatic heterocycles. The molecule has 0 aliphatic rings. The highest BCUT2D eigenvalue weighted by atomic mass is 16.2. The van der Waals surface area contributed by atoms with E-state index in [1.165, 1.54) is 0 Å². The van der Waals surface area contributed by atoms with Gasteiger partial charge in [0.25, 0.3) is 0 Å². The Kier molecular flexibility index (Phi) is 6.38. The Morgan fingerprint density at radius 2 is 2.25 bits per heavy atom. The highest BCUT2D eigenvalue weighted by Crippen LogP contribution is 1.89. The van der Waals surface area contributed by atoms with Crippen molar-refractivity contribution >= 4 is 5.91 Å². The van der Waals surface area contributed by atoms with Crippen LogP contribution in [0.25, 0.3) is 0 Å². The third-order valence-electron chi connectivity index (χ3n) is 1.61. The summed E-state index contributed by atoms with van der Waals surface area (Å²) in [6, 6.07) is 0. The van der Waals surface area contributed by atoms with Crippen molar-refractivity contribution in [1.29, 1.82) is 0 Å². The molecule has 1 N–H and O–H groups in total. The molecule has 0 aromatic rings. The van der Waals surface area contributed by atoms with Crippen LogP contribution < -0.4 is 5.32 Å². The van der Waals surface area contributed by atoms with Crippen LogP contribution in [-0.4, -0.2) is 38.0 Å². The number of nitrogens with one attached hydrogen (secondary N) is 1. The molecular formula is C9H18N2O. The molecule has 70 valence electrons. The lowest BCUT2D eigenvalue weighted by Gasteiger charge is -2.14. The summed E-state index contributed by atoms with van der Waals surface area (Å²) < 4.78 is 0. The molecule has 0 radical (unpaired) electrons. The highest BCUT2D eigenvalue weighted by molar-refractivity contribution is 5.87. The summed E-state index contributed by atoms with van der Waals surface area (Å²) in [5, 5.41) is 3.04. The molecule has 0 bridgehead atoms. The van der Waals surface area contributed by atoms with Gasteiger partial charge in [-0.15, -0.1) is 0 Å². The highest BCUT2D eigenvalue weighted by Gasteiger charge is 2.01. The number of carbonyl (C=O) groups excluding carboxylic acids is 1. The maximum atomic E-state index is 11.2. The predicted octanol–water partition coefficient (Wildman–Crippen LogP) is 0.630. The molecule has 0 aliphatic carbocycles. The van der Waals surface area contributed by atoms with E-state index in [0.717, 1.165) is 19.5 Å². The average molecular weight is 170 g/mol. The summed E-state index contributed by atoms with van der Waals surface area (Å²) in [5.41, 5.74) is 0. The average Bonchev–Trinajstić information content (AvgIpc) is 2.05. The van der Waals surface area contributed by atoms with Gasteiger partial charge in [0.05, 0.1) is 0 Å². The Balaban J connectivity index is 3.56. The van der Waals surface area contributed by atoms with Crippen molar-refractivity contribution < 1.29 is 4.79 Å². The molecule has 1 amide bonds. The first-order valence-corrected chi connectivity index (χ1v) is 4.24. The zero-order valence-corrected chi connectivity index (χ0v) is 8.13. The minimum Gasteiger partial charge on any atom is -0.342 e. The lowest BCUT2D eigenvalue weighted by Crippen LogP contribution is -2.27. The number of carbonyl (C=O) groups is 1. The minimum absolute atomic E-state index is 0.0774. The molecule has 0 heterocycles. The number of allylic oxidation sites excluding steroid dienone is 1. The van der Waals surface area contributed by atoms with E-state index in [-0.39, 0.29) is 5.91 Å². The van der Waals surface area contributed by atoms with Gasteiger partial charge in [-0.05, 0) is 33.0 Å². The second kappa shape index (κ2) is 6.85. The molecule has 0 rings (SSSR count). The largest absolute Gasteiger partial charge is 0.342 e. The summed E-state index contributed by atoms with van der Waals surface area (Å²) >= 11 is 0. The van der Waals surface area contributed by atoms with Crippen molar-refractivity contribution in [2.24, 2.45) is 0 Å². The van der Waals surface area contributed by atoms with Crippen molar-refractivity contribution in [3.8, 4) is 0 Å². The van der Waals surface area contributed by atoms with Gasteiger partial charge in [-0.3, -0.25) is 4.79 Å². The molecule has 3 nitrogen and oxygen atoms in total. The molecule has 0 saturated heterocycles. The summed E-state index contributed by atoms with van der Waals surface area (Å²) in [7, 11) is 3.73. The van der Waals surface area contributed by atoms with Crippen LogP contribution >= 0.6 is 0 Å². The van der Waals surface area contributed by atoms with E-state index in [9.17, 15) is 4.79 Å². The van der Waals surface area contributed by atoms with Gasteiger partial charge in [0, 0.05) is 13.6 Å². The molecule has 0 aromatic carbocycles. The predicted molar refractivity (Wildman–Crippen MR) is 51.0 cm³/mol. The van der Waals surface area contributed by atoms with Gasteiger partial charge >= 0.3 is 0 Å². The van der Waals surface area contributed by atoms with Crippen LogP contribution in [0.4, 0.5) is 0 Å². The van der Waals surface area contributed by atoms with E-state index in [0.29, 0.717) is 0 Å². The Hall–Kier alpha value is -0.830. The van der Waals surface area contributed by atoms with E-state index in [1.807, 2.05) is 21.0 Å². The number of rotatable bonds is 5. The van der Waals surface area contributed by atoms with E-state index in [4.69, 9.17) is 0 Å². The van der Waals surface area contributed by atoms with E-state index < -0.39 is 0 Å². The van der Waals surface area contributed by atoms with Crippen LogP contribution in [0.5, 0.6) is 0 Å². The fraction of sp³-hybridized carbons (Fsp3) is 0.667. The Bertz CT molecular complexity index is 155. The first kappa shape index (κ1) is 11.2. The van der Waals surface area contributed by atoms with Gasteiger partial charge in [-0.1, -0.05) is 6.08 Å². The van der Waals surface area contributed by atoms with E-state index in [2.05, 4.69) is 5.32 Å². The lowest BCUT2D eigenvalue weighted by molar-refractivity contribution is -0.124. The quantitative estimate of drug-likeness (QED) is 0.485. The van der Waals surface area contributed by atoms with E-state index >= 15 is 0 Å². The summed E-state index contributed by atoms with van der Waals surface area (Å²) in [6.07, 6.45) is 4.34. The first-order chi connectivity index (χ1) is 5.72. The topological polar surface area (TPSA) is 32.3 Å². The summed E-state index contributed by atoms with van der Waals surface area (Å²) in [5.74, 6) is 0.0774. The zero-order chi connectivity index (χ0) is 9.40. The Labute approximate surface area is 74.4 Å². The molecule has 0 fully saturated rings. The summed E-state index contributed by atoms with van der Waals surface area (Å²) in [4.78, 5) is 12.9. The number of hydrogen-bond acceptors (Lipinski definition) is 2. The maximum Gasteiger partial charge on any atom is 0.245 e.